The van der Waals surface area contributed by atoms with Gasteiger partial charge in [-0.15, -0.1) is 11.3 Å². The van der Waals surface area contributed by atoms with Crippen LogP contribution in [-0.4, -0.2) is 23.0 Å². The summed E-state index contributed by atoms with van der Waals surface area (Å²) in [4.78, 5) is 28.3. The summed E-state index contributed by atoms with van der Waals surface area (Å²) in [5.41, 5.74) is 1.56. The van der Waals surface area contributed by atoms with Crippen LogP contribution in [0.15, 0.2) is 54.6 Å². The number of benzene rings is 2. The van der Waals surface area contributed by atoms with Crippen molar-refractivity contribution < 1.29 is 14.7 Å². The molecular formula is C24H23Cl2NO3S. The summed E-state index contributed by atoms with van der Waals surface area (Å²) < 4.78 is 0. The van der Waals surface area contributed by atoms with E-state index in [1.54, 1.807) is 23.1 Å². The van der Waals surface area contributed by atoms with Crippen molar-refractivity contribution in [1.29, 1.82) is 0 Å². The molecule has 0 saturated heterocycles. The number of hydrogen-bond acceptors (Lipinski definition) is 3. The Bertz CT molecular complexity index is 1100. The molecule has 0 radical (unpaired) electrons. The lowest BCUT2D eigenvalue weighted by atomic mass is 9.97. The average Bonchev–Trinajstić information content (AvgIpc) is 3.19. The van der Waals surface area contributed by atoms with Crippen LogP contribution in [-0.2, 0) is 0 Å². The van der Waals surface area contributed by atoms with E-state index in [4.69, 9.17) is 23.2 Å². The van der Waals surface area contributed by atoms with Crippen molar-refractivity contribution in [1.82, 2.24) is 0 Å². The lowest BCUT2D eigenvalue weighted by Crippen LogP contribution is -2.43. The predicted molar refractivity (Wildman–Crippen MR) is 129 cm³/mol. The van der Waals surface area contributed by atoms with Gasteiger partial charge >= 0.3 is 5.97 Å². The molecule has 2 unspecified atom stereocenters. The number of carboxylic acid groups (broad SMARTS) is 1. The summed E-state index contributed by atoms with van der Waals surface area (Å²) in [6, 6.07) is 15.8. The molecule has 0 aliphatic carbocycles. The summed E-state index contributed by atoms with van der Waals surface area (Å²) >= 11 is 13.5. The van der Waals surface area contributed by atoms with Gasteiger partial charge in [-0.3, -0.25) is 4.79 Å². The monoisotopic (exact) mass is 475 g/mol. The molecule has 1 N–H and O–H groups in total. The Kier molecular flexibility index (Phi) is 7.42. The van der Waals surface area contributed by atoms with Crippen LogP contribution in [0.1, 0.15) is 47.2 Å². The highest BCUT2D eigenvalue weighted by Gasteiger charge is 2.32. The summed E-state index contributed by atoms with van der Waals surface area (Å²) in [7, 11) is 0. The Morgan fingerprint density at radius 2 is 1.74 bits per heavy atom. The Hall–Kier alpha value is -2.34. The SMILES string of the molecule is CCC(C)C(C)N(C(=O)c1ccc(Cl)cc1Cl)c1cc(-c2ccccc2)sc1C(=O)O. The van der Waals surface area contributed by atoms with E-state index < -0.39 is 5.97 Å². The van der Waals surface area contributed by atoms with E-state index in [-0.39, 0.29) is 33.3 Å². The zero-order chi connectivity index (χ0) is 22.7. The number of anilines is 1. The van der Waals surface area contributed by atoms with Gasteiger partial charge in [0.05, 0.1) is 16.3 Å². The number of hydrogen-bond donors (Lipinski definition) is 1. The number of halogens is 2. The summed E-state index contributed by atoms with van der Waals surface area (Å²) in [6.45, 7) is 6.01. The molecule has 4 nitrogen and oxygen atoms in total. The van der Waals surface area contributed by atoms with Crippen molar-refractivity contribution in [3.8, 4) is 10.4 Å². The molecule has 3 aromatic rings. The van der Waals surface area contributed by atoms with Crippen molar-refractivity contribution in [2.75, 3.05) is 4.90 Å². The first-order valence-corrected chi connectivity index (χ1v) is 11.5. The quantitative estimate of drug-likeness (QED) is 0.384. The third kappa shape index (κ3) is 4.95. The van der Waals surface area contributed by atoms with E-state index in [1.807, 2.05) is 51.1 Å². The van der Waals surface area contributed by atoms with Crippen LogP contribution >= 0.6 is 34.5 Å². The van der Waals surface area contributed by atoms with Gasteiger partial charge in [-0.05, 0) is 42.7 Å². The van der Waals surface area contributed by atoms with Gasteiger partial charge in [-0.25, -0.2) is 4.79 Å². The Balaban J connectivity index is 2.19. The number of aromatic carboxylic acids is 1. The minimum Gasteiger partial charge on any atom is -0.477 e. The molecule has 3 rings (SSSR count). The molecule has 7 heteroatoms. The van der Waals surface area contributed by atoms with Gasteiger partial charge in [0, 0.05) is 15.9 Å². The minimum atomic E-state index is -1.07. The maximum Gasteiger partial charge on any atom is 0.348 e. The fourth-order valence-corrected chi connectivity index (χ4v) is 4.84. The first-order valence-electron chi connectivity index (χ1n) is 9.95. The molecule has 162 valence electrons. The van der Waals surface area contributed by atoms with E-state index >= 15 is 0 Å². The lowest BCUT2D eigenvalue weighted by molar-refractivity contribution is 0.0703. The van der Waals surface area contributed by atoms with Gasteiger partial charge in [0.1, 0.15) is 4.88 Å². The van der Waals surface area contributed by atoms with Crippen LogP contribution in [0.4, 0.5) is 5.69 Å². The summed E-state index contributed by atoms with van der Waals surface area (Å²) in [6.07, 6.45) is 0.831. The van der Waals surface area contributed by atoms with Gasteiger partial charge in [-0.2, -0.15) is 0 Å². The molecular weight excluding hydrogens is 453 g/mol. The fourth-order valence-electron chi connectivity index (χ4n) is 3.36. The minimum absolute atomic E-state index is 0.118. The highest BCUT2D eigenvalue weighted by atomic mass is 35.5. The molecule has 31 heavy (non-hydrogen) atoms. The van der Waals surface area contributed by atoms with E-state index in [0.717, 1.165) is 28.2 Å². The van der Waals surface area contributed by atoms with Gasteiger partial charge in [0.25, 0.3) is 5.91 Å². The van der Waals surface area contributed by atoms with E-state index in [1.165, 1.54) is 6.07 Å². The van der Waals surface area contributed by atoms with Crippen LogP contribution in [0, 0.1) is 5.92 Å². The van der Waals surface area contributed by atoms with Crippen molar-refractivity contribution in [3.63, 3.8) is 0 Å². The molecule has 1 heterocycles. The molecule has 2 atom stereocenters. The standard InChI is InChI=1S/C24H23Cl2NO3S/c1-4-14(2)15(3)27(23(28)18-11-10-17(25)12-19(18)26)20-13-21(31-22(20)24(29)30)16-8-6-5-7-9-16/h5-15H,4H2,1-3H3,(H,29,30). The molecule has 1 aromatic heterocycles. The van der Waals surface area contributed by atoms with Crippen LogP contribution < -0.4 is 4.90 Å². The van der Waals surface area contributed by atoms with Crippen molar-refractivity contribution in [2.24, 2.45) is 5.92 Å². The van der Waals surface area contributed by atoms with Gasteiger partial charge < -0.3 is 10.0 Å². The van der Waals surface area contributed by atoms with Crippen LogP contribution in [0.5, 0.6) is 0 Å². The third-order valence-electron chi connectivity index (χ3n) is 5.48. The molecule has 0 aliphatic heterocycles. The smallest absolute Gasteiger partial charge is 0.348 e. The number of rotatable bonds is 7. The third-order valence-corrected chi connectivity index (χ3v) is 7.19. The summed E-state index contributed by atoms with van der Waals surface area (Å²) in [5, 5.41) is 10.6. The predicted octanol–water partition coefficient (Wildman–Crippen LogP) is 7.50. The Morgan fingerprint density at radius 3 is 2.32 bits per heavy atom. The average molecular weight is 476 g/mol. The zero-order valence-electron chi connectivity index (χ0n) is 17.4. The van der Waals surface area contributed by atoms with E-state index in [9.17, 15) is 14.7 Å². The first kappa shape index (κ1) is 23.3. The fraction of sp³-hybridized carbons (Fsp3) is 0.250. The van der Waals surface area contributed by atoms with Crippen LogP contribution in [0.25, 0.3) is 10.4 Å². The number of thiophene rings is 1. The largest absolute Gasteiger partial charge is 0.477 e. The second-order valence-corrected chi connectivity index (χ2v) is 9.32. The van der Waals surface area contributed by atoms with Crippen LogP contribution in [0.3, 0.4) is 0 Å². The van der Waals surface area contributed by atoms with Gasteiger partial charge in [0.2, 0.25) is 0 Å². The first-order chi connectivity index (χ1) is 14.7. The molecule has 0 aliphatic rings. The zero-order valence-corrected chi connectivity index (χ0v) is 19.8. The van der Waals surface area contributed by atoms with E-state index in [0.29, 0.717) is 10.7 Å². The highest BCUT2D eigenvalue weighted by molar-refractivity contribution is 7.18. The Labute approximate surface area is 196 Å². The summed E-state index contributed by atoms with van der Waals surface area (Å²) in [5.74, 6) is -1.29. The van der Waals surface area contributed by atoms with Crippen LogP contribution in [0.2, 0.25) is 10.0 Å². The maximum atomic E-state index is 13.7. The normalized spacial score (nSPS) is 12.9. The molecule has 1 amide bonds. The van der Waals surface area contributed by atoms with Crippen molar-refractivity contribution in [3.05, 3.63) is 75.1 Å². The second-order valence-electron chi connectivity index (χ2n) is 7.42. The number of nitrogens with zero attached hydrogens (tertiary/aromatic N) is 1. The Morgan fingerprint density at radius 1 is 1.06 bits per heavy atom. The molecule has 2 aromatic carbocycles. The number of carbonyl (C=O) groups excluding carboxylic acids is 1. The van der Waals surface area contributed by atoms with Crippen molar-refractivity contribution in [2.45, 2.75) is 33.2 Å². The number of amides is 1. The maximum absolute atomic E-state index is 13.7. The topological polar surface area (TPSA) is 57.6 Å². The molecule has 0 fully saturated rings. The lowest BCUT2D eigenvalue weighted by Gasteiger charge is -2.33. The van der Waals surface area contributed by atoms with E-state index in [2.05, 4.69) is 0 Å². The molecule has 0 bridgehead atoms. The highest BCUT2D eigenvalue weighted by Crippen LogP contribution is 2.40. The van der Waals surface area contributed by atoms with Crippen molar-refractivity contribution >= 4 is 52.1 Å². The van der Waals surface area contributed by atoms with Gasteiger partial charge in [0.15, 0.2) is 0 Å². The number of carboxylic acids is 1. The second kappa shape index (κ2) is 9.86. The molecule has 0 spiro atoms. The molecule has 0 saturated carbocycles. The van der Waals surface area contributed by atoms with Gasteiger partial charge in [-0.1, -0.05) is 73.8 Å². The number of carbonyl (C=O) groups is 2.